The molecule has 1 rings (SSSR count). The molecule has 0 aliphatic heterocycles. The molecule has 0 atom stereocenters. The number of nitrogens with zero attached hydrogens (tertiary/aromatic N) is 1. The summed E-state index contributed by atoms with van der Waals surface area (Å²) in [5.41, 5.74) is 7.82. The Balaban J connectivity index is 3.07. The van der Waals surface area contributed by atoms with Crippen LogP contribution in [0.2, 0.25) is 0 Å². The van der Waals surface area contributed by atoms with E-state index < -0.39 is 0 Å². The van der Waals surface area contributed by atoms with Crippen molar-refractivity contribution in [3.63, 3.8) is 0 Å². The second-order valence-electron chi connectivity index (χ2n) is 2.24. The van der Waals surface area contributed by atoms with E-state index in [-0.39, 0.29) is 11.8 Å². The fourth-order valence-electron chi connectivity index (χ4n) is 0.734. The number of rotatable bonds is 1. The number of guanidine groups is 1. The Morgan fingerprint density at radius 3 is 2.85 bits per heavy atom. The monoisotopic (exact) mass is 246 g/mol. The molecule has 4 nitrogen and oxygen atoms in total. The minimum atomic E-state index is -0.383. The topological polar surface area (TPSA) is 76.4 Å². The molecule has 0 radical (unpaired) electrons. The van der Waals surface area contributed by atoms with Crippen molar-refractivity contribution in [2.75, 3.05) is 0 Å². The number of halogens is 2. The van der Waals surface area contributed by atoms with Gasteiger partial charge in [-0.25, -0.2) is 15.2 Å². The zero-order valence-electron chi connectivity index (χ0n) is 6.59. The number of hydrazine groups is 1. The van der Waals surface area contributed by atoms with Gasteiger partial charge in [-0.05, 0) is 28.1 Å². The van der Waals surface area contributed by atoms with Gasteiger partial charge in [0.2, 0.25) is 5.96 Å². The molecule has 70 valence electrons. The fraction of sp³-hybridized carbons (Fsp3) is 0. The Bertz CT molecular complexity index is 339. The third-order valence-corrected chi connectivity index (χ3v) is 1.97. The first-order valence-electron chi connectivity index (χ1n) is 3.39. The molecule has 1 aromatic carbocycles. The van der Waals surface area contributed by atoms with Gasteiger partial charge in [0.1, 0.15) is 5.82 Å². The van der Waals surface area contributed by atoms with Crippen LogP contribution in [0.5, 0.6) is 0 Å². The minimum absolute atomic E-state index is 0.0197. The molecule has 0 heterocycles. The Morgan fingerprint density at radius 2 is 2.23 bits per heavy atom. The molecular formula is C7H8BrFN4. The van der Waals surface area contributed by atoms with Crippen LogP contribution in [0.1, 0.15) is 0 Å². The predicted octanol–water partition coefficient (Wildman–Crippen LogP) is 0.998. The zero-order valence-corrected chi connectivity index (χ0v) is 8.18. The first kappa shape index (κ1) is 9.94. The average molecular weight is 247 g/mol. The van der Waals surface area contributed by atoms with Crippen molar-refractivity contribution >= 4 is 27.6 Å². The Kier molecular flexibility index (Phi) is 3.21. The first-order chi connectivity index (χ1) is 6.13. The summed E-state index contributed by atoms with van der Waals surface area (Å²) < 4.78 is 13.4. The van der Waals surface area contributed by atoms with E-state index in [9.17, 15) is 4.39 Å². The van der Waals surface area contributed by atoms with Gasteiger partial charge in [-0.2, -0.15) is 0 Å². The van der Waals surface area contributed by atoms with Crippen LogP contribution >= 0.6 is 15.9 Å². The summed E-state index contributed by atoms with van der Waals surface area (Å²) in [6, 6.07) is 4.10. The third-order valence-electron chi connectivity index (χ3n) is 1.30. The van der Waals surface area contributed by atoms with Crippen LogP contribution in [-0.4, -0.2) is 5.96 Å². The molecule has 1 aromatic rings. The van der Waals surface area contributed by atoms with Gasteiger partial charge in [-0.3, -0.25) is 5.43 Å². The van der Waals surface area contributed by atoms with E-state index in [1.54, 1.807) is 0 Å². The summed E-state index contributed by atoms with van der Waals surface area (Å²) >= 11 is 3.19. The van der Waals surface area contributed by atoms with Gasteiger partial charge in [-0.15, -0.1) is 0 Å². The van der Waals surface area contributed by atoms with Gasteiger partial charge in [0.15, 0.2) is 0 Å². The smallest absolute Gasteiger partial charge is 0.208 e. The van der Waals surface area contributed by atoms with Crippen LogP contribution in [0.3, 0.4) is 0 Å². The maximum atomic E-state index is 12.7. The maximum absolute atomic E-state index is 12.7. The third kappa shape index (κ3) is 2.67. The Hall–Kier alpha value is -1.14. The van der Waals surface area contributed by atoms with Crippen molar-refractivity contribution in [2.24, 2.45) is 16.6 Å². The molecule has 0 fully saturated rings. The first-order valence-corrected chi connectivity index (χ1v) is 4.18. The van der Waals surface area contributed by atoms with E-state index in [1.165, 1.54) is 18.2 Å². The highest BCUT2D eigenvalue weighted by Gasteiger charge is 2.00. The lowest BCUT2D eigenvalue weighted by atomic mass is 10.3. The van der Waals surface area contributed by atoms with Crippen molar-refractivity contribution in [3.8, 4) is 0 Å². The predicted molar refractivity (Wildman–Crippen MR) is 52.7 cm³/mol. The van der Waals surface area contributed by atoms with E-state index in [2.05, 4.69) is 26.3 Å². The lowest BCUT2D eigenvalue weighted by Crippen LogP contribution is -2.36. The molecule has 0 aliphatic rings. The van der Waals surface area contributed by atoms with Gasteiger partial charge < -0.3 is 5.73 Å². The van der Waals surface area contributed by atoms with E-state index in [4.69, 9.17) is 11.6 Å². The van der Waals surface area contributed by atoms with E-state index in [0.29, 0.717) is 10.2 Å². The molecule has 6 heteroatoms. The van der Waals surface area contributed by atoms with Gasteiger partial charge >= 0.3 is 0 Å². The van der Waals surface area contributed by atoms with Crippen molar-refractivity contribution in [3.05, 3.63) is 28.5 Å². The van der Waals surface area contributed by atoms with Crippen molar-refractivity contribution in [1.29, 1.82) is 0 Å². The number of nitrogens with one attached hydrogen (secondary N) is 1. The van der Waals surface area contributed by atoms with E-state index >= 15 is 0 Å². The average Bonchev–Trinajstić information content (AvgIpc) is 2.11. The molecule has 5 N–H and O–H groups in total. The highest BCUT2D eigenvalue weighted by molar-refractivity contribution is 9.10. The molecule has 0 amide bonds. The SMILES string of the molecule is NNC(N)=Nc1cc(F)ccc1Br. The number of benzene rings is 1. The number of hydrogen-bond acceptors (Lipinski definition) is 2. The Labute approximate surface area is 82.9 Å². The standard InChI is InChI=1S/C7H8BrFN4/c8-5-2-1-4(9)3-6(5)12-7(10)13-11/h1-3H,11H2,(H3,10,12,13). The Morgan fingerprint density at radius 1 is 1.54 bits per heavy atom. The van der Waals surface area contributed by atoms with Crippen LogP contribution in [0.4, 0.5) is 10.1 Å². The van der Waals surface area contributed by atoms with Crippen LogP contribution in [-0.2, 0) is 0 Å². The van der Waals surface area contributed by atoms with Crippen molar-refractivity contribution < 1.29 is 4.39 Å². The number of aliphatic imine (C=N–C) groups is 1. The molecule has 0 spiro atoms. The zero-order chi connectivity index (χ0) is 9.84. The molecule has 13 heavy (non-hydrogen) atoms. The highest BCUT2D eigenvalue weighted by atomic mass is 79.9. The summed E-state index contributed by atoms with van der Waals surface area (Å²) in [6.45, 7) is 0. The van der Waals surface area contributed by atoms with Crippen molar-refractivity contribution in [2.45, 2.75) is 0 Å². The summed E-state index contributed by atoms with van der Waals surface area (Å²) in [5.74, 6) is 4.63. The van der Waals surface area contributed by atoms with Gasteiger partial charge in [0.25, 0.3) is 0 Å². The van der Waals surface area contributed by atoms with E-state index in [1.807, 2.05) is 0 Å². The van der Waals surface area contributed by atoms with E-state index in [0.717, 1.165) is 0 Å². The van der Waals surface area contributed by atoms with Gasteiger partial charge in [-0.1, -0.05) is 0 Å². The molecule has 0 aromatic heterocycles. The number of nitrogens with two attached hydrogens (primary N) is 2. The minimum Gasteiger partial charge on any atom is -0.369 e. The fourth-order valence-corrected chi connectivity index (χ4v) is 1.07. The second-order valence-corrected chi connectivity index (χ2v) is 3.09. The van der Waals surface area contributed by atoms with Crippen LogP contribution < -0.4 is 17.0 Å². The summed E-state index contributed by atoms with van der Waals surface area (Å²) in [7, 11) is 0. The lowest BCUT2D eigenvalue weighted by Gasteiger charge is -2.00. The maximum Gasteiger partial charge on any atom is 0.208 e. The van der Waals surface area contributed by atoms with Crippen LogP contribution in [0.25, 0.3) is 0 Å². The summed E-state index contributed by atoms with van der Waals surface area (Å²) in [6.07, 6.45) is 0. The van der Waals surface area contributed by atoms with Crippen LogP contribution in [0.15, 0.2) is 27.7 Å². The normalized spacial score (nSPS) is 11.5. The lowest BCUT2D eigenvalue weighted by molar-refractivity contribution is 0.628. The molecule has 0 bridgehead atoms. The quantitative estimate of drug-likeness (QED) is 0.300. The molecule has 0 saturated carbocycles. The summed E-state index contributed by atoms with van der Waals surface area (Å²) in [5, 5.41) is 0. The molecule has 0 saturated heterocycles. The molecular weight excluding hydrogens is 239 g/mol. The molecule has 0 aliphatic carbocycles. The van der Waals surface area contributed by atoms with Crippen molar-refractivity contribution in [1.82, 2.24) is 5.43 Å². The molecule has 0 unspecified atom stereocenters. The summed E-state index contributed by atoms with van der Waals surface area (Å²) in [4.78, 5) is 3.81. The van der Waals surface area contributed by atoms with Crippen LogP contribution in [0, 0.1) is 5.82 Å². The highest BCUT2D eigenvalue weighted by Crippen LogP contribution is 2.25. The van der Waals surface area contributed by atoms with Gasteiger partial charge in [0.05, 0.1) is 5.69 Å². The van der Waals surface area contributed by atoms with Gasteiger partial charge in [0, 0.05) is 10.5 Å². The number of hydrogen-bond donors (Lipinski definition) is 3. The second kappa shape index (κ2) is 4.20. The largest absolute Gasteiger partial charge is 0.369 e.